The van der Waals surface area contributed by atoms with Crippen molar-refractivity contribution in [2.24, 2.45) is 0 Å². The maximum atomic E-state index is 11.6. The van der Waals surface area contributed by atoms with Gasteiger partial charge in [-0.1, -0.05) is 65.4 Å². The van der Waals surface area contributed by atoms with E-state index in [1.807, 2.05) is 12.1 Å². The molecular weight excluding hydrogens is 316 g/mol. The van der Waals surface area contributed by atoms with Gasteiger partial charge in [0.2, 0.25) is 0 Å². The van der Waals surface area contributed by atoms with E-state index in [2.05, 4.69) is 6.92 Å². The zero-order valence-electron chi connectivity index (χ0n) is 15.9. The van der Waals surface area contributed by atoms with Gasteiger partial charge in [0.15, 0.2) is 11.5 Å². The molecule has 0 bridgehead atoms. The largest absolute Gasteiger partial charge is 0.423 e. The number of carbonyl (C=O) groups is 2. The van der Waals surface area contributed by atoms with E-state index in [1.54, 1.807) is 19.9 Å². The fourth-order valence-corrected chi connectivity index (χ4v) is 2.55. The van der Waals surface area contributed by atoms with Crippen LogP contribution in [0, 0.1) is 0 Å². The predicted molar refractivity (Wildman–Crippen MR) is 100.0 cm³/mol. The lowest BCUT2D eigenvalue weighted by molar-refractivity contribution is -0.136. The molecule has 0 aliphatic heterocycles. The number of carbonyl (C=O) groups excluding carboxylic acids is 2. The summed E-state index contributed by atoms with van der Waals surface area (Å²) in [5.41, 5.74) is 1.10. The van der Waals surface area contributed by atoms with Crippen molar-refractivity contribution in [3.8, 4) is 11.5 Å². The van der Waals surface area contributed by atoms with Crippen LogP contribution in [0.5, 0.6) is 11.5 Å². The van der Waals surface area contributed by atoms with Gasteiger partial charge in [-0.3, -0.25) is 9.59 Å². The highest BCUT2D eigenvalue weighted by molar-refractivity contribution is 5.76. The molecule has 4 nitrogen and oxygen atoms in total. The summed E-state index contributed by atoms with van der Waals surface area (Å²) in [5.74, 6) is -0.0124. The maximum Gasteiger partial charge on any atom is 0.311 e. The lowest BCUT2D eigenvalue weighted by Gasteiger charge is -2.11. The second-order valence-corrected chi connectivity index (χ2v) is 6.31. The van der Waals surface area contributed by atoms with Crippen LogP contribution < -0.4 is 9.47 Å². The molecule has 0 radical (unpaired) electrons. The van der Waals surface area contributed by atoms with Gasteiger partial charge in [0.05, 0.1) is 0 Å². The van der Waals surface area contributed by atoms with Crippen molar-refractivity contribution in [1.82, 2.24) is 0 Å². The van der Waals surface area contributed by atoms with Gasteiger partial charge in [0.1, 0.15) is 0 Å². The van der Waals surface area contributed by atoms with Crippen LogP contribution in [-0.4, -0.2) is 11.9 Å². The highest BCUT2D eigenvalue weighted by Gasteiger charge is 2.13. The number of ether oxygens (including phenoxy) is 2. The average Bonchev–Trinajstić information content (AvgIpc) is 2.62. The van der Waals surface area contributed by atoms with E-state index in [1.165, 1.54) is 38.5 Å². The van der Waals surface area contributed by atoms with Gasteiger partial charge in [-0.25, -0.2) is 0 Å². The van der Waals surface area contributed by atoms with E-state index in [0.717, 1.165) is 18.4 Å². The third-order valence-electron chi connectivity index (χ3n) is 4.10. The number of unbranched alkanes of at least 4 members (excludes halogenated alkanes) is 6. The summed E-state index contributed by atoms with van der Waals surface area (Å²) in [4.78, 5) is 23.2. The van der Waals surface area contributed by atoms with Crippen molar-refractivity contribution in [2.45, 2.75) is 85.0 Å². The lowest BCUT2D eigenvalue weighted by atomic mass is 10.0. The summed E-state index contributed by atoms with van der Waals surface area (Å²) < 4.78 is 10.6. The molecule has 4 heteroatoms. The third-order valence-corrected chi connectivity index (χ3v) is 4.10. The van der Waals surface area contributed by atoms with E-state index < -0.39 is 0 Å². The molecule has 0 spiro atoms. The first-order valence-corrected chi connectivity index (χ1v) is 9.64. The number of aryl methyl sites for hydroxylation is 1. The fourth-order valence-electron chi connectivity index (χ4n) is 2.55. The van der Waals surface area contributed by atoms with Crippen molar-refractivity contribution in [3.63, 3.8) is 0 Å². The van der Waals surface area contributed by atoms with Gasteiger partial charge in [0.25, 0.3) is 0 Å². The summed E-state index contributed by atoms with van der Waals surface area (Å²) in [7, 11) is 0. The molecule has 0 saturated heterocycles. The molecule has 0 saturated carbocycles. The molecule has 0 atom stereocenters. The van der Waals surface area contributed by atoms with E-state index in [9.17, 15) is 9.59 Å². The van der Waals surface area contributed by atoms with Crippen LogP contribution in [0.15, 0.2) is 18.2 Å². The minimum absolute atomic E-state index is 0.279. The Morgan fingerprint density at radius 3 is 1.92 bits per heavy atom. The highest BCUT2D eigenvalue weighted by Crippen LogP contribution is 2.30. The van der Waals surface area contributed by atoms with Crippen LogP contribution in [0.25, 0.3) is 0 Å². The standard InChI is InChI=1S/C21H32O4/c1-4-7-8-9-10-11-12-13-17-14-15-18(24-20(22)5-2)19(16-17)25-21(23)6-3/h14-16H,4-13H2,1-3H3. The Hall–Kier alpha value is -1.84. The third kappa shape index (κ3) is 8.71. The molecule has 1 rings (SSSR count). The van der Waals surface area contributed by atoms with Gasteiger partial charge in [0, 0.05) is 12.8 Å². The first-order chi connectivity index (χ1) is 12.1. The quantitative estimate of drug-likeness (QED) is 0.280. The van der Waals surface area contributed by atoms with Gasteiger partial charge < -0.3 is 9.47 Å². The van der Waals surface area contributed by atoms with Crippen molar-refractivity contribution in [2.75, 3.05) is 0 Å². The SMILES string of the molecule is CCCCCCCCCc1ccc(OC(=O)CC)c(OC(=O)CC)c1. The van der Waals surface area contributed by atoms with Crippen LogP contribution in [0.4, 0.5) is 0 Å². The second kappa shape index (κ2) is 12.5. The van der Waals surface area contributed by atoms with E-state index >= 15 is 0 Å². The molecule has 0 N–H and O–H groups in total. The Bertz CT molecular complexity index is 537. The number of rotatable bonds is 12. The van der Waals surface area contributed by atoms with Crippen LogP contribution in [0.1, 0.15) is 84.1 Å². The minimum Gasteiger partial charge on any atom is -0.423 e. The summed E-state index contributed by atoms with van der Waals surface area (Å²) >= 11 is 0. The maximum absolute atomic E-state index is 11.6. The summed E-state index contributed by atoms with van der Waals surface area (Å²) in [6.45, 7) is 5.70. The highest BCUT2D eigenvalue weighted by atomic mass is 16.6. The number of esters is 2. The van der Waals surface area contributed by atoms with E-state index in [4.69, 9.17) is 9.47 Å². The molecular formula is C21H32O4. The Morgan fingerprint density at radius 1 is 0.760 bits per heavy atom. The molecule has 1 aromatic rings. The van der Waals surface area contributed by atoms with Gasteiger partial charge in [-0.15, -0.1) is 0 Å². The van der Waals surface area contributed by atoms with Crippen molar-refractivity contribution < 1.29 is 19.1 Å². The Morgan fingerprint density at radius 2 is 1.32 bits per heavy atom. The average molecular weight is 348 g/mol. The molecule has 0 aliphatic rings. The first kappa shape index (κ1) is 21.2. The fraction of sp³-hybridized carbons (Fsp3) is 0.619. The van der Waals surface area contributed by atoms with Crippen molar-refractivity contribution >= 4 is 11.9 Å². The number of hydrogen-bond acceptors (Lipinski definition) is 4. The van der Waals surface area contributed by atoms with Crippen LogP contribution in [0.2, 0.25) is 0 Å². The Kier molecular flexibility index (Phi) is 10.6. The predicted octanol–water partition coefficient (Wildman–Crippen LogP) is 5.61. The zero-order valence-corrected chi connectivity index (χ0v) is 15.9. The molecule has 1 aromatic carbocycles. The minimum atomic E-state index is -0.339. The second-order valence-electron chi connectivity index (χ2n) is 6.31. The Labute approximate surface area is 151 Å². The summed E-state index contributed by atoms with van der Waals surface area (Å²) in [6, 6.07) is 5.49. The lowest BCUT2D eigenvalue weighted by Crippen LogP contribution is -2.10. The first-order valence-electron chi connectivity index (χ1n) is 9.64. The van der Waals surface area contributed by atoms with Gasteiger partial charge >= 0.3 is 11.9 Å². The number of hydrogen-bond donors (Lipinski definition) is 0. The van der Waals surface area contributed by atoms with Gasteiger partial charge in [-0.2, -0.15) is 0 Å². The molecule has 140 valence electrons. The van der Waals surface area contributed by atoms with Crippen LogP contribution in [0.3, 0.4) is 0 Å². The molecule has 0 unspecified atom stereocenters. The molecule has 0 amide bonds. The molecule has 0 aromatic heterocycles. The Balaban J connectivity index is 2.60. The summed E-state index contributed by atoms with van der Waals surface area (Å²) in [5, 5.41) is 0. The molecule has 0 aliphatic carbocycles. The van der Waals surface area contributed by atoms with Crippen LogP contribution >= 0.6 is 0 Å². The topological polar surface area (TPSA) is 52.6 Å². The van der Waals surface area contributed by atoms with Crippen LogP contribution in [-0.2, 0) is 16.0 Å². The van der Waals surface area contributed by atoms with E-state index in [-0.39, 0.29) is 24.8 Å². The zero-order chi connectivity index (χ0) is 18.5. The van der Waals surface area contributed by atoms with Crippen molar-refractivity contribution in [3.05, 3.63) is 23.8 Å². The monoisotopic (exact) mass is 348 g/mol. The molecule has 25 heavy (non-hydrogen) atoms. The molecule has 0 heterocycles. The summed E-state index contributed by atoms with van der Waals surface area (Å²) in [6.07, 6.45) is 10.3. The number of benzene rings is 1. The van der Waals surface area contributed by atoms with Gasteiger partial charge in [-0.05, 0) is 30.5 Å². The smallest absolute Gasteiger partial charge is 0.311 e. The molecule has 0 fully saturated rings. The van der Waals surface area contributed by atoms with Crippen molar-refractivity contribution in [1.29, 1.82) is 0 Å². The van der Waals surface area contributed by atoms with E-state index in [0.29, 0.717) is 11.5 Å². The normalized spacial score (nSPS) is 10.5.